The highest BCUT2D eigenvalue weighted by Crippen LogP contribution is 2.28. The molecule has 2 heterocycles. The maximum absolute atomic E-state index is 5.25. The van der Waals surface area contributed by atoms with Crippen LogP contribution >= 0.6 is 0 Å². The highest BCUT2D eigenvalue weighted by atomic mass is 16.5. The van der Waals surface area contributed by atoms with Crippen LogP contribution in [0.25, 0.3) is 11.2 Å². The lowest BCUT2D eigenvalue weighted by Crippen LogP contribution is -2.08. The molecule has 0 aliphatic heterocycles. The van der Waals surface area contributed by atoms with E-state index < -0.39 is 0 Å². The molecule has 0 aliphatic carbocycles. The molecule has 0 atom stereocenters. The number of ether oxygens (including phenoxy) is 1. The predicted octanol–water partition coefficient (Wildman–Crippen LogP) is 5.70. The van der Waals surface area contributed by atoms with Gasteiger partial charge in [-0.15, -0.1) is 0 Å². The molecule has 0 amide bonds. The van der Waals surface area contributed by atoms with Gasteiger partial charge in [0.1, 0.15) is 5.75 Å². The molecule has 0 aliphatic rings. The number of nitrogens with one attached hydrogen (secondary N) is 2. The van der Waals surface area contributed by atoms with Gasteiger partial charge in [0.05, 0.1) is 13.4 Å². The van der Waals surface area contributed by atoms with Crippen molar-refractivity contribution in [2.45, 2.75) is 47.2 Å². The zero-order valence-corrected chi connectivity index (χ0v) is 19.5. The molecule has 0 fully saturated rings. The number of imidazole rings is 1. The minimum atomic E-state index is 0.236. The summed E-state index contributed by atoms with van der Waals surface area (Å²) >= 11 is 0. The molecule has 7 heteroatoms. The number of hydrogen-bond acceptors (Lipinski definition) is 6. The maximum atomic E-state index is 5.25. The summed E-state index contributed by atoms with van der Waals surface area (Å²) in [6, 6.07) is 12.5. The predicted molar refractivity (Wildman–Crippen MR) is 130 cm³/mol. The Kier molecular flexibility index (Phi) is 5.99. The van der Waals surface area contributed by atoms with E-state index in [1.165, 1.54) is 5.56 Å². The first-order chi connectivity index (χ1) is 15.4. The molecule has 2 aromatic heterocycles. The number of anilines is 3. The summed E-state index contributed by atoms with van der Waals surface area (Å²) in [6.07, 6.45) is 1.83. The fraction of sp³-hybridized carbons (Fsp3) is 0.320. The van der Waals surface area contributed by atoms with Crippen LogP contribution in [0.1, 0.15) is 42.1 Å². The normalized spacial score (nSPS) is 11.2. The fourth-order valence-corrected chi connectivity index (χ4v) is 3.89. The summed E-state index contributed by atoms with van der Waals surface area (Å²) < 4.78 is 7.32. The van der Waals surface area contributed by atoms with Gasteiger partial charge in [0, 0.05) is 18.3 Å². The summed E-state index contributed by atoms with van der Waals surface area (Å²) in [4.78, 5) is 14.2. The molecular formula is C25H30N6O. The molecule has 0 saturated heterocycles. The van der Waals surface area contributed by atoms with E-state index in [9.17, 15) is 0 Å². The molecular weight excluding hydrogens is 400 g/mol. The second-order valence-corrected chi connectivity index (χ2v) is 8.41. The SMILES string of the molecule is COc1ccc(CNc2nc(Nc3c(C)cc(C)cc3C)nc3c2ncn3C(C)C)cc1. The van der Waals surface area contributed by atoms with Crippen molar-refractivity contribution in [2.75, 3.05) is 17.7 Å². The average molecular weight is 431 g/mol. The van der Waals surface area contributed by atoms with E-state index in [1.54, 1.807) is 7.11 Å². The first kappa shape index (κ1) is 21.6. The number of fused-ring (bicyclic) bond motifs is 1. The van der Waals surface area contributed by atoms with E-state index in [0.717, 1.165) is 39.3 Å². The third-order valence-corrected chi connectivity index (χ3v) is 5.51. The highest BCUT2D eigenvalue weighted by molar-refractivity contribution is 5.85. The van der Waals surface area contributed by atoms with Gasteiger partial charge >= 0.3 is 0 Å². The van der Waals surface area contributed by atoms with Crippen LogP contribution in [0.5, 0.6) is 5.75 Å². The van der Waals surface area contributed by atoms with Gasteiger partial charge in [0.15, 0.2) is 17.0 Å². The number of nitrogens with zero attached hydrogens (tertiary/aromatic N) is 4. The minimum Gasteiger partial charge on any atom is -0.497 e. The lowest BCUT2D eigenvalue weighted by molar-refractivity contribution is 0.414. The molecule has 0 spiro atoms. The number of aromatic nitrogens is 4. The van der Waals surface area contributed by atoms with Gasteiger partial charge in [-0.3, -0.25) is 0 Å². The Morgan fingerprint density at radius 1 is 1.00 bits per heavy atom. The lowest BCUT2D eigenvalue weighted by Gasteiger charge is -2.15. The molecule has 2 aromatic carbocycles. The van der Waals surface area contributed by atoms with E-state index in [0.29, 0.717) is 18.3 Å². The number of aryl methyl sites for hydroxylation is 3. The van der Waals surface area contributed by atoms with Crippen LogP contribution < -0.4 is 15.4 Å². The van der Waals surface area contributed by atoms with Gasteiger partial charge in [-0.25, -0.2) is 4.98 Å². The zero-order valence-electron chi connectivity index (χ0n) is 19.5. The van der Waals surface area contributed by atoms with Gasteiger partial charge in [-0.05, 0) is 63.4 Å². The third kappa shape index (κ3) is 4.37. The Morgan fingerprint density at radius 3 is 2.31 bits per heavy atom. The van der Waals surface area contributed by atoms with Gasteiger partial charge in [0.2, 0.25) is 5.95 Å². The average Bonchev–Trinajstić information content (AvgIpc) is 3.19. The second-order valence-electron chi connectivity index (χ2n) is 8.41. The van der Waals surface area contributed by atoms with Crippen molar-refractivity contribution in [1.82, 2.24) is 19.5 Å². The molecule has 0 radical (unpaired) electrons. The van der Waals surface area contributed by atoms with E-state index in [4.69, 9.17) is 14.7 Å². The second kappa shape index (κ2) is 8.86. The summed E-state index contributed by atoms with van der Waals surface area (Å²) in [6.45, 7) is 11.2. The first-order valence-electron chi connectivity index (χ1n) is 10.8. The molecule has 0 bridgehead atoms. The zero-order chi connectivity index (χ0) is 22.8. The van der Waals surface area contributed by atoms with E-state index >= 15 is 0 Å². The Bertz CT molecular complexity index is 1220. The summed E-state index contributed by atoms with van der Waals surface area (Å²) in [5, 5.41) is 6.90. The Morgan fingerprint density at radius 2 is 1.69 bits per heavy atom. The largest absolute Gasteiger partial charge is 0.497 e. The Hall–Kier alpha value is -3.61. The molecule has 4 aromatic rings. The standard InChI is InChI=1S/C25H30N6O/c1-15(2)31-14-27-22-23(26-13-19-7-9-20(32-6)10-8-19)29-25(30-24(22)31)28-21-17(4)11-16(3)12-18(21)5/h7-12,14-15H,13H2,1-6H3,(H2,26,28,29,30). The monoisotopic (exact) mass is 430 g/mol. The van der Waals surface area contributed by atoms with Crippen LogP contribution in [-0.4, -0.2) is 26.6 Å². The van der Waals surface area contributed by atoms with Crippen LogP contribution in [0.3, 0.4) is 0 Å². The molecule has 166 valence electrons. The molecule has 32 heavy (non-hydrogen) atoms. The molecule has 7 nitrogen and oxygen atoms in total. The van der Waals surface area contributed by atoms with Crippen molar-refractivity contribution < 1.29 is 4.74 Å². The van der Waals surface area contributed by atoms with Crippen molar-refractivity contribution in [1.29, 1.82) is 0 Å². The molecule has 0 saturated carbocycles. The van der Waals surface area contributed by atoms with Gasteiger partial charge in [-0.2, -0.15) is 9.97 Å². The molecule has 0 unspecified atom stereocenters. The van der Waals surface area contributed by atoms with Crippen molar-refractivity contribution >= 4 is 28.6 Å². The van der Waals surface area contributed by atoms with Crippen LogP contribution in [0.4, 0.5) is 17.5 Å². The number of benzene rings is 2. The minimum absolute atomic E-state index is 0.236. The van der Waals surface area contributed by atoms with Crippen LogP contribution in [0.15, 0.2) is 42.7 Å². The molecule has 2 N–H and O–H groups in total. The van der Waals surface area contributed by atoms with Crippen LogP contribution in [0, 0.1) is 20.8 Å². The number of hydrogen-bond donors (Lipinski definition) is 2. The first-order valence-corrected chi connectivity index (χ1v) is 10.8. The lowest BCUT2D eigenvalue weighted by atomic mass is 10.1. The Balaban J connectivity index is 1.71. The van der Waals surface area contributed by atoms with E-state index in [1.807, 2.05) is 30.6 Å². The quantitative estimate of drug-likeness (QED) is 0.392. The van der Waals surface area contributed by atoms with E-state index in [2.05, 4.69) is 66.9 Å². The van der Waals surface area contributed by atoms with Crippen LogP contribution in [0.2, 0.25) is 0 Å². The molecule has 4 rings (SSSR count). The van der Waals surface area contributed by atoms with Gasteiger partial charge in [0.25, 0.3) is 0 Å². The van der Waals surface area contributed by atoms with E-state index in [-0.39, 0.29) is 6.04 Å². The van der Waals surface area contributed by atoms with Gasteiger partial charge in [-0.1, -0.05) is 29.8 Å². The van der Waals surface area contributed by atoms with Crippen molar-refractivity contribution in [3.05, 3.63) is 65.0 Å². The van der Waals surface area contributed by atoms with Crippen molar-refractivity contribution in [3.8, 4) is 5.75 Å². The topological polar surface area (TPSA) is 76.9 Å². The number of methoxy groups -OCH3 is 1. The highest BCUT2D eigenvalue weighted by Gasteiger charge is 2.16. The number of rotatable bonds is 7. The van der Waals surface area contributed by atoms with Crippen molar-refractivity contribution in [2.24, 2.45) is 0 Å². The summed E-state index contributed by atoms with van der Waals surface area (Å²) in [5.41, 5.74) is 7.29. The maximum Gasteiger partial charge on any atom is 0.231 e. The fourth-order valence-electron chi connectivity index (χ4n) is 3.89. The van der Waals surface area contributed by atoms with Gasteiger partial charge < -0.3 is 19.9 Å². The smallest absolute Gasteiger partial charge is 0.231 e. The summed E-state index contributed by atoms with van der Waals surface area (Å²) in [5.74, 6) is 2.09. The Labute approximate surface area is 188 Å². The van der Waals surface area contributed by atoms with Crippen LogP contribution in [-0.2, 0) is 6.54 Å². The third-order valence-electron chi connectivity index (χ3n) is 5.51. The van der Waals surface area contributed by atoms with Crippen molar-refractivity contribution in [3.63, 3.8) is 0 Å². The summed E-state index contributed by atoms with van der Waals surface area (Å²) in [7, 11) is 1.67.